The van der Waals surface area contributed by atoms with Crippen LogP contribution in [-0.2, 0) is 15.6 Å². The summed E-state index contributed by atoms with van der Waals surface area (Å²) in [6.45, 7) is 12.1. The van der Waals surface area contributed by atoms with E-state index < -0.39 is 24.1 Å². The van der Waals surface area contributed by atoms with Crippen LogP contribution in [0.15, 0.2) is 48.6 Å². The predicted octanol–water partition coefficient (Wildman–Crippen LogP) is 6.04. The molecule has 2 aromatic carbocycles. The number of carbonyl (C=O) groups is 2. The topological polar surface area (TPSA) is 98.1 Å². The molecule has 0 radical (unpaired) electrons. The van der Waals surface area contributed by atoms with Crippen molar-refractivity contribution in [3.05, 3.63) is 81.9 Å². The van der Waals surface area contributed by atoms with Crippen LogP contribution in [0.1, 0.15) is 98.2 Å². The molecular formula is C32H39NO5. The number of aliphatic hydroxyl groups is 1. The Morgan fingerprint density at radius 2 is 1.66 bits per heavy atom. The van der Waals surface area contributed by atoms with Crippen molar-refractivity contribution in [3.8, 4) is 0 Å². The minimum atomic E-state index is -0.967. The van der Waals surface area contributed by atoms with E-state index in [0.717, 1.165) is 36.0 Å². The summed E-state index contributed by atoms with van der Waals surface area (Å²) >= 11 is 0. The summed E-state index contributed by atoms with van der Waals surface area (Å²) in [6, 6.07) is 10.3. The van der Waals surface area contributed by atoms with E-state index in [1.807, 2.05) is 11.0 Å². The number of benzene rings is 2. The number of aromatic carboxylic acids is 1. The lowest BCUT2D eigenvalue weighted by Gasteiger charge is -2.44. The molecule has 0 saturated carbocycles. The lowest BCUT2D eigenvalue weighted by molar-refractivity contribution is -0.142. The van der Waals surface area contributed by atoms with Gasteiger partial charge in [0.05, 0.1) is 11.7 Å². The molecule has 6 nitrogen and oxygen atoms in total. The molecular weight excluding hydrogens is 478 g/mol. The molecule has 1 heterocycles. The fraction of sp³-hybridized carbons (Fsp3) is 0.438. The maximum atomic E-state index is 11.5. The molecule has 2 atom stereocenters. The molecule has 6 heteroatoms. The number of carboxylic acids is 2. The molecule has 3 N–H and O–H groups in total. The fourth-order valence-corrected chi connectivity index (χ4v) is 5.72. The number of nitrogens with zero attached hydrogens (tertiary/aromatic N) is 1. The summed E-state index contributed by atoms with van der Waals surface area (Å²) in [4.78, 5) is 24.6. The third-order valence-corrected chi connectivity index (χ3v) is 8.40. The summed E-state index contributed by atoms with van der Waals surface area (Å²) in [5.41, 5.74) is 6.79. The van der Waals surface area contributed by atoms with Gasteiger partial charge in [-0.3, -0.25) is 9.69 Å². The maximum Gasteiger partial charge on any atom is 0.335 e. The van der Waals surface area contributed by atoms with Gasteiger partial charge in [0.15, 0.2) is 0 Å². The normalized spacial score (nSPS) is 20.4. The SMILES string of the molecule is CC(C(=O)O)N1CC=C(c2cc(C(O)/C=C/c3ccc(C(=O)O)cc3)cc3c2C(C)(C)CCC3(C)C)CC1. The van der Waals surface area contributed by atoms with Crippen LogP contribution in [0.5, 0.6) is 0 Å². The van der Waals surface area contributed by atoms with Crippen LogP contribution in [-0.4, -0.2) is 51.3 Å². The van der Waals surface area contributed by atoms with Crippen molar-refractivity contribution in [3.63, 3.8) is 0 Å². The number of carboxylic acid groups (broad SMARTS) is 2. The molecule has 0 spiro atoms. The van der Waals surface area contributed by atoms with Gasteiger partial charge >= 0.3 is 11.9 Å². The third kappa shape index (κ3) is 5.62. The smallest absolute Gasteiger partial charge is 0.335 e. The average molecular weight is 518 g/mol. The highest BCUT2D eigenvalue weighted by atomic mass is 16.4. The highest BCUT2D eigenvalue weighted by Crippen LogP contribution is 2.50. The molecule has 1 aliphatic heterocycles. The van der Waals surface area contributed by atoms with Crippen molar-refractivity contribution in [2.24, 2.45) is 0 Å². The number of hydrogen-bond acceptors (Lipinski definition) is 4. The summed E-state index contributed by atoms with van der Waals surface area (Å²) in [5, 5.41) is 29.8. The van der Waals surface area contributed by atoms with Crippen LogP contribution in [0.25, 0.3) is 11.6 Å². The van der Waals surface area contributed by atoms with Crippen LogP contribution < -0.4 is 0 Å². The molecule has 0 aromatic heterocycles. The molecule has 0 saturated heterocycles. The van der Waals surface area contributed by atoms with Gasteiger partial charge in [-0.1, -0.05) is 64.1 Å². The quantitative estimate of drug-likeness (QED) is 0.414. The average Bonchev–Trinajstić information content (AvgIpc) is 2.89. The van der Waals surface area contributed by atoms with Crippen LogP contribution in [0.3, 0.4) is 0 Å². The van der Waals surface area contributed by atoms with Crippen LogP contribution in [0.2, 0.25) is 0 Å². The largest absolute Gasteiger partial charge is 0.480 e. The Morgan fingerprint density at radius 1 is 1.00 bits per heavy atom. The standard InChI is InChI=1S/C32H39NO5/c1-20(29(35)36)33-16-12-22(13-17-33)25-18-24(19-26-28(25)32(4,5)15-14-31(26,2)3)27(34)11-8-21-6-9-23(10-7-21)30(37)38/h6-12,18-20,27,34H,13-17H2,1-5H3,(H,35,36)(H,37,38)/b11-8+. The summed E-state index contributed by atoms with van der Waals surface area (Å²) < 4.78 is 0. The fourth-order valence-electron chi connectivity index (χ4n) is 5.72. The van der Waals surface area contributed by atoms with E-state index in [1.54, 1.807) is 37.3 Å². The number of aliphatic hydroxyl groups excluding tert-OH is 1. The number of fused-ring (bicyclic) bond motifs is 1. The molecule has 2 unspecified atom stereocenters. The first kappa shape index (κ1) is 27.8. The molecule has 1 aliphatic carbocycles. The van der Waals surface area contributed by atoms with Crippen LogP contribution >= 0.6 is 0 Å². The Bertz CT molecular complexity index is 1290. The van der Waals surface area contributed by atoms with Gasteiger partial charge in [-0.05, 0) is 88.6 Å². The van der Waals surface area contributed by atoms with E-state index >= 15 is 0 Å². The third-order valence-electron chi connectivity index (χ3n) is 8.40. The first-order valence-corrected chi connectivity index (χ1v) is 13.3. The molecule has 2 aromatic rings. The van der Waals surface area contributed by atoms with E-state index in [2.05, 4.69) is 45.9 Å². The van der Waals surface area contributed by atoms with Crippen molar-refractivity contribution in [2.45, 2.75) is 76.9 Å². The van der Waals surface area contributed by atoms with E-state index in [-0.39, 0.29) is 16.4 Å². The van der Waals surface area contributed by atoms with Crippen molar-refractivity contribution in [1.82, 2.24) is 4.90 Å². The van der Waals surface area contributed by atoms with Crippen molar-refractivity contribution in [2.75, 3.05) is 13.1 Å². The Hall–Kier alpha value is -3.22. The number of hydrogen-bond donors (Lipinski definition) is 3. The van der Waals surface area contributed by atoms with E-state index in [4.69, 9.17) is 5.11 Å². The second kappa shape index (κ2) is 10.5. The zero-order valence-electron chi connectivity index (χ0n) is 23.0. The minimum absolute atomic E-state index is 0.0161. The Morgan fingerprint density at radius 3 is 2.24 bits per heavy atom. The lowest BCUT2D eigenvalue weighted by atomic mass is 9.61. The van der Waals surface area contributed by atoms with Gasteiger partial charge in [-0.2, -0.15) is 0 Å². The second-order valence-corrected chi connectivity index (χ2v) is 12.0. The predicted molar refractivity (Wildman–Crippen MR) is 150 cm³/mol. The van der Waals surface area contributed by atoms with Gasteiger partial charge in [-0.25, -0.2) is 4.79 Å². The molecule has 0 bridgehead atoms. The van der Waals surface area contributed by atoms with E-state index in [9.17, 15) is 19.8 Å². The van der Waals surface area contributed by atoms with Gasteiger partial charge in [-0.15, -0.1) is 0 Å². The maximum absolute atomic E-state index is 11.5. The van der Waals surface area contributed by atoms with E-state index in [0.29, 0.717) is 13.1 Å². The summed E-state index contributed by atoms with van der Waals surface area (Å²) in [5.74, 6) is -1.78. The summed E-state index contributed by atoms with van der Waals surface area (Å²) in [7, 11) is 0. The van der Waals surface area contributed by atoms with Gasteiger partial charge in [0.25, 0.3) is 0 Å². The highest BCUT2D eigenvalue weighted by molar-refractivity contribution is 5.87. The van der Waals surface area contributed by atoms with Gasteiger partial charge in [0, 0.05) is 13.1 Å². The van der Waals surface area contributed by atoms with Crippen molar-refractivity contribution < 1.29 is 24.9 Å². The molecule has 4 rings (SSSR count). The minimum Gasteiger partial charge on any atom is -0.480 e. The van der Waals surface area contributed by atoms with E-state index in [1.165, 1.54) is 16.7 Å². The molecule has 2 aliphatic rings. The van der Waals surface area contributed by atoms with Crippen LogP contribution in [0.4, 0.5) is 0 Å². The van der Waals surface area contributed by atoms with Gasteiger partial charge < -0.3 is 15.3 Å². The second-order valence-electron chi connectivity index (χ2n) is 12.0. The number of rotatable bonds is 7. The molecule has 202 valence electrons. The highest BCUT2D eigenvalue weighted by Gasteiger charge is 2.40. The Labute approximate surface area is 225 Å². The first-order chi connectivity index (χ1) is 17.8. The molecule has 38 heavy (non-hydrogen) atoms. The summed E-state index contributed by atoms with van der Waals surface area (Å²) in [6.07, 6.45) is 7.78. The zero-order chi connectivity index (χ0) is 27.8. The molecule has 0 fully saturated rings. The Kier molecular flexibility index (Phi) is 7.69. The van der Waals surface area contributed by atoms with Crippen molar-refractivity contribution in [1.29, 1.82) is 0 Å². The van der Waals surface area contributed by atoms with Crippen LogP contribution in [0, 0.1) is 0 Å². The van der Waals surface area contributed by atoms with Gasteiger partial charge in [0.2, 0.25) is 0 Å². The molecule has 0 amide bonds. The first-order valence-electron chi connectivity index (χ1n) is 13.3. The monoisotopic (exact) mass is 517 g/mol. The zero-order valence-corrected chi connectivity index (χ0v) is 23.0. The Balaban J connectivity index is 1.74. The van der Waals surface area contributed by atoms with Gasteiger partial charge in [0.1, 0.15) is 6.04 Å². The van der Waals surface area contributed by atoms with Crippen molar-refractivity contribution >= 4 is 23.6 Å². The lowest BCUT2D eigenvalue weighted by Crippen LogP contribution is -2.41. The number of aliphatic carboxylic acids is 1.